The summed E-state index contributed by atoms with van der Waals surface area (Å²) < 4.78 is 5.39. The number of methoxy groups -OCH3 is 1. The quantitative estimate of drug-likeness (QED) is 0.741. The van der Waals surface area contributed by atoms with Crippen LogP contribution in [0.4, 0.5) is 0 Å². The lowest BCUT2D eigenvalue weighted by molar-refractivity contribution is 0.0896. The van der Waals surface area contributed by atoms with Gasteiger partial charge in [-0.05, 0) is 37.0 Å². The predicted octanol–water partition coefficient (Wildman–Crippen LogP) is 3.79. The zero-order valence-electron chi connectivity index (χ0n) is 11.6. The number of carbonyl (C=O) groups excluding carboxylic acids is 1. The molecule has 0 saturated heterocycles. The van der Waals surface area contributed by atoms with Gasteiger partial charge in [-0.15, -0.1) is 0 Å². The van der Waals surface area contributed by atoms with E-state index in [2.05, 4.69) is 13.8 Å². The molecule has 0 saturated carbocycles. The standard InChI is InChI=1S/C15H22O2/c1-9(2)11(4)14(16)13-8-7-10(3)12(5)15(13)17-6/h7-9,11H,1-6H3. The molecular weight excluding hydrogens is 212 g/mol. The molecule has 94 valence electrons. The molecule has 0 amide bonds. The summed E-state index contributed by atoms with van der Waals surface area (Å²) in [5.74, 6) is 1.25. The summed E-state index contributed by atoms with van der Waals surface area (Å²) in [5, 5.41) is 0. The van der Waals surface area contributed by atoms with Gasteiger partial charge in [-0.25, -0.2) is 0 Å². The maximum absolute atomic E-state index is 12.3. The van der Waals surface area contributed by atoms with Crippen LogP contribution in [-0.2, 0) is 0 Å². The Bertz CT molecular complexity index is 419. The molecule has 1 rings (SSSR count). The molecule has 1 unspecified atom stereocenters. The first-order valence-corrected chi connectivity index (χ1v) is 6.08. The average molecular weight is 234 g/mol. The third-order valence-corrected chi connectivity index (χ3v) is 3.56. The molecule has 0 N–H and O–H groups in total. The van der Waals surface area contributed by atoms with E-state index in [4.69, 9.17) is 4.74 Å². The Labute approximate surface area is 104 Å². The van der Waals surface area contributed by atoms with Crippen LogP contribution in [0.1, 0.15) is 42.3 Å². The van der Waals surface area contributed by atoms with Crippen LogP contribution in [0.15, 0.2) is 12.1 Å². The minimum Gasteiger partial charge on any atom is -0.496 e. The summed E-state index contributed by atoms with van der Waals surface area (Å²) in [6.45, 7) is 10.1. The zero-order valence-corrected chi connectivity index (χ0v) is 11.6. The number of aryl methyl sites for hydroxylation is 1. The van der Waals surface area contributed by atoms with Crippen molar-refractivity contribution < 1.29 is 9.53 Å². The van der Waals surface area contributed by atoms with E-state index in [1.165, 1.54) is 0 Å². The summed E-state index contributed by atoms with van der Waals surface area (Å²) in [6.07, 6.45) is 0. The van der Waals surface area contributed by atoms with E-state index in [9.17, 15) is 4.79 Å². The molecule has 1 aromatic carbocycles. The number of carbonyl (C=O) groups is 1. The van der Waals surface area contributed by atoms with Crippen molar-refractivity contribution >= 4 is 5.78 Å². The van der Waals surface area contributed by atoms with Crippen molar-refractivity contribution in [3.63, 3.8) is 0 Å². The summed E-state index contributed by atoms with van der Waals surface area (Å²) in [7, 11) is 1.62. The van der Waals surface area contributed by atoms with Crippen molar-refractivity contribution in [2.75, 3.05) is 7.11 Å². The van der Waals surface area contributed by atoms with Crippen molar-refractivity contribution in [1.82, 2.24) is 0 Å². The van der Waals surface area contributed by atoms with Crippen molar-refractivity contribution in [2.24, 2.45) is 11.8 Å². The largest absolute Gasteiger partial charge is 0.496 e. The lowest BCUT2D eigenvalue weighted by Gasteiger charge is -2.18. The van der Waals surface area contributed by atoms with Crippen LogP contribution in [0, 0.1) is 25.7 Å². The molecule has 2 nitrogen and oxygen atoms in total. The van der Waals surface area contributed by atoms with E-state index in [0.29, 0.717) is 11.5 Å². The molecule has 1 aromatic rings. The first kappa shape index (κ1) is 13.8. The highest BCUT2D eigenvalue weighted by atomic mass is 16.5. The van der Waals surface area contributed by atoms with Gasteiger partial charge in [-0.3, -0.25) is 4.79 Å². The Morgan fingerprint density at radius 3 is 2.24 bits per heavy atom. The van der Waals surface area contributed by atoms with Gasteiger partial charge < -0.3 is 4.74 Å². The molecule has 0 fully saturated rings. The Balaban J connectivity index is 3.23. The van der Waals surface area contributed by atoms with Crippen molar-refractivity contribution in [3.05, 3.63) is 28.8 Å². The van der Waals surface area contributed by atoms with E-state index >= 15 is 0 Å². The second-order valence-corrected chi connectivity index (χ2v) is 4.99. The number of benzene rings is 1. The smallest absolute Gasteiger partial charge is 0.169 e. The van der Waals surface area contributed by atoms with Crippen LogP contribution in [0.2, 0.25) is 0 Å². The summed E-state index contributed by atoms with van der Waals surface area (Å²) >= 11 is 0. The maximum atomic E-state index is 12.3. The maximum Gasteiger partial charge on any atom is 0.169 e. The van der Waals surface area contributed by atoms with E-state index in [1.54, 1.807) is 7.11 Å². The summed E-state index contributed by atoms with van der Waals surface area (Å²) in [6, 6.07) is 3.86. The van der Waals surface area contributed by atoms with E-state index in [-0.39, 0.29) is 11.7 Å². The van der Waals surface area contributed by atoms with Crippen LogP contribution in [0.3, 0.4) is 0 Å². The average Bonchev–Trinajstić information content (AvgIpc) is 2.30. The molecule has 0 radical (unpaired) electrons. The fourth-order valence-corrected chi connectivity index (χ4v) is 1.80. The SMILES string of the molecule is COc1c(C(=O)C(C)C(C)C)ccc(C)c1C. The van der Waals surface area contributed by atoms with Crippen LogP contribution in [0.5, 0.6) is 5.75 Å². The molecule has 0 aromatic heterocycles. The first-order chi connectivity index (χ1) is 7.90. The first-order valence-electron chi connectivity index (χ1n) is 6.08. The van der Waals surface area contributed by atoms with E-state index < -0.39 is 0 Å². The van der Waals surface area contributed by atoms with Crippen LogP contribution in [-0.4, -0.2) is 12.9 Å². The Kier molecular flexibility index (Phi) is 4.33. The normalized spacial score (nSPS) is 12.6. The number of hydrogen-bond donors (Lipinski definition) is 0. The van der Waals surface area contributed by atoms with Crippen LogP contribution < -0.4 is 4.74 Å². The van der Waals surface area contributed by atoms with Gasteiger partial charge in [0.2, 0.25) is 0 Å². The Hall–Kier alpha value is -1.31. The molecule has 0 heterocycles. The van der Waals surface area contributed by atoms with Crippen LogP contribution in [0.25, 0.3) is 0 Å². The van der Waals surface area contributed by atoms with Gasteiger partial charge in [0.1, 0.15) is 5.75 Å². The Morgan fingerprint density at radius 2 is 1.76 bits per heavy atom. The highest BCUT2D eigenvalue weighted by molar-refractivity contribution is 6.00. The molecule has 0 aliphatic rings. The summed E-state index contributed by atoms with van der Waals surface area (Å²) in [5.41, 5.74) is 2.90. The summed E-state index contributed by atoms with van der Waals surface area (Å²) in [4.78, 5) is 12.3. The number of ether oxygens (including phenoxy) is 1. The van der Waals surface area contributed by atoms with Crippen molar-refractivity contribution in [1.29, 1.82) is 0 Å². The van der Waals surface area contributed by atoms with Gasteiger partial charge in [-0.2, -0.15) is 0 Å². The second-order valence-electron chi connectivity index (χ2n) is 4.99. The monoisotopic (exact) mass is 234 g/mol. The highest BCUT2D eigenvalue weighted by Crippen LogP contribution is 2.29. The lowest BCUT2D eigenvalue weighted by atomic mass is 9.88. The van der Waals surface area contributed by atoms with Crippen molar-refractivity contribution in [3.8, 4) is 5.75 Å². The van der Waals surface area contributed by atoms with Gasteiger partial charge in [-0.1, -0.05) is 26.8 Å². The minimum atomic E-state index is 0.0195. The fourth-order valence-electron chi connectivity index (χ4n) is 1.80. The number of rotatable bonds is 4. The lowest BCUT2D eigenvalue weighted by Crippen LogP contribution is -2.18. The van der Waals surface area contributed by atoms with Gasteiger partial charge in [0.05, 0.1) is 12.7 Å². The minimum absolute atomic E-state index is 0.0195. The molecule has 17 heavy (non-hydrogen) atoms. The third-order valence-electron chi connectivity index (χ3n) is 3.56. The number of ketones is 1. The number of hydrogen-bond acceptors (Lipinski definition) is 2. The van der Waals surface area contributed by atoms with Gasteiger partial charge in [0.15, 0.2) is 5.78 Å². The van der Waals surface area contributed by atoms with E-state index in [0.717, 1.165) is 16.9 Å². The number of Topliss-reactive ketones (excluding diaryl/α,β-unsaturated/α-hetero) is 1. The molecule has 0 bridgehead atoms. The van der Waals surface area contributed by atoms with E-state index in [1.807, 2.05) is 32.9 Å². The third kappa shape index (κ3) is 2.68. The predicted molar refractivity (Wildman–Crippen MR) is 70.8 cm³/mol. The zero-order chi connectivity index (χ0) is 13.2. The molecular formula is C15H22O2. The highest BCUT2D eigenvalue weighted by Gasteiger charge is 2.22. The van der Waals surface area contributed by atoms with Gasteiger partial charge in [0, 0.05) is 5.92 Å². The molecule has 0 spiro atoms. The van der Waals surface area contributed by atoms with Crippen LogP contribution >= 0.6 is 0 Å². The molecule has 1 atom stereocenters. The second kappa shape index (κ2) is 5.35. The molecule has 2 heteroatoms. The Morgan fingerprint density at radius 1 is 1.18 bits per heavy atom. The fraction of sp³-hybridized carbons (Fsp3) is 0.533. The topological polar surface area (TPSA) is 26.3 Å². The van der Waals surface area contributed by atoms with Gasteiger partial charge >= 0.3 is 0 Å². The molecule has 0 aliphatic carbocycles. The molecule has 0 aliphatic heterocycles. The van der Waals surface area contributed by atoms with Crippen molar-refractivity contribution in [2.45, 2.75) is 34.6 Å². The van der Waals surface area contributed by atoms with Gasteiger partial charge in [0.25, 0.3) is 0 Å².